The molecule has 0 radical (unpaired) electrons. The van der Waals surface area contributed by atoms with Gasteiger partial charge in [-0.1, -0.05) is 74.7 Å². The van der Waals surface area contributed by atoms with E-state index in [0.717, 1.165) is 0 Å². The standard InChI is InChI=1S/C24H24S/c1-2-3-4-5-10-18-12-8-13-20-17-19-11-6-7-14-21(19)24(23(18)20)22-15-9-16-25-22/h6-9,11-17H,2-5,10H2,1H3. The van der Waals surface area contributed by atoms with E-state index in [1.807, 2.05) is 11.3 Å². The first-order valence-electron chi connectivity index (χ1n) is 9.35. The third-order valence-corrected chi connectivity index (χ3v) is 5.93. The Balaban J connectivity index is 1.94. The molecule has 1 heterocycles. The van der Waals surface area contributed by atoms with Crippen LogP contribution in [0.3, 0.4) is 0 Å². The van der Waals surface area contributed by atoms with Crippen molar-refractivity contribution in [3.8, 4) is 10.4 Å². The Morgan fingerprint density at radius 2 is 1.68 bits per heavy atom. The maximum absolute atomic E-state index is 2.36. The van der Waals surface area contributed by atoms with E-state index in [4.69, 9.17) is 0 Å². The molecule has 0 fully saturated rings. The van der Waals surface area contributed by atoms with Gasteiger partial charge in [0.15, 0.2) is 0 Å². The molecular formula is C24H24S. The van der Waals surface area contributed by atoms with E-state index >= 15 is 0 Å². The zero-order valence-electron chi connectivity index (χ0n) is 14.8. The molecule has 0 nitrogen and oxygen atoms in total. The van der Waals surface area contributed by atoms with Crippen molar-refractivity contribution < 1.29 is 0 Å². The van der Waals surface area contributed by atoms with Crippen molar-refractivity contribution in [1.29, 1.82) is 0 Å². The average molecular weight is 345 g/mol. The van der Waals surface area contributed by atoms with Crippen molar-refractivity contribution >= 4 is 32.9 Å². The van der Waals surface area contributed by atoms with E-state index in [9.17, 15) is 0 Å². The molecule has 0 N–H and O–H groups in total. The fraction of sp³-hybridized carbons (Fsp3) is 0.250. The Bertz CT molecular complexity index is 980. The van der Waals surface area contributed by atoms with Crippen molar-refractivity contribution in [2.75, 3.05) is 0 Å². The second-order valence-corrected chi connectivity index (χ2v) is 7.72. The van der Waals surface area contributed by atoms with E-state index in [-0.39, 0.29) is 0 Å². The minimum atomic E-state index is 1.17. The normalized spacial score (nSPS) is 11.4. The molecule has 4 aromatic rings. The summed E-state index contributed by atoms with van der Waals surface area (Å²) in [5.74, 6) is 0. The van der Waals surface area contributed by atoms with Gasteiger partial charge in [-0.25, -0.2) is 0 Å². The highest BCUT2D eigenvalue weighted by atomic mass is 32.1. The van der Waals surface area contributed by atoms with Gasteiger partial charge in [-0.3, -0.25) is 0 Å². The Hall–Kier alpha value is -2.12. The number of hydrogen-bond acceptors (Lipinski definition) is 1. The molecule has 25 heavy (non-hydrogen) atoms. The van der Waals surface area contributed by atoms with Gasteiger partial charge in [0.1, 0.15) is 0 Å². The van der Waals surface area contributed by atoms with Crippen LogP contribution in [-0.2, 0) is 6.42 Å². The van der Waals surface area contributed by atoms with Crippen LogP contribution in [0.4, 0.5) is 0 Å². The van der Waals surface area contributed by atoms with Crippen molar-refractivity contribution in [3.63, 3.8) is 0 Å². The van der Waals surface area contributed by atoms with Gasteiger partial charge in [0, 0.05) is 10.4 Å². The highest BCUT2D eigenvalue weighted by Crippen LogP contribution is 2.40. The van der Waals surface area contributed by atoms with Gasteiger partial charge in [-0.05, 0) is 57.5 Å². The molecule has 0 bridgehead atoms. The first-order valence-corrected chi connectivity index (χ1v) is 10.2. The molecule has 1 aromatic heterocycles. The largest absolute Gasteiger partial charge is 0.144 e. The molecule has 0 aliphatic carbocycles. The lowest BCUT2D eigenvalue weighted by Gasteiger charge is -2.14. The Morgan fingerprint density at radius 3 is 2.52 bits per heavy atom. The van der Waals surface area contributed by atoms with Gasteiger partial charge < -0.3 is 0 Å². The Kier molecular flexibility index (Phi) is 4.85. The lowest BCUT2D eigenvalue weighted by Crippen LogP contribution is -1.92. The van der Waals surface area contributed by atoms with E-state index in [1.165, 1.54) is 69.7 Å². The first kappa shape index (κ1) is 16.4. The summed E-state index contributed by atoms with van der Waals surface area (Å²) in [5.41, 5.74) is 2.93. The van der Waals surface area contributed by atoms with Crippen LogP contribution in [0, 0.1) is 0 Å². The average Bonchev–Trinajstić information content (AvgIpc) is 3.17. The molecule has 3 aromatic carbocycles. The van der Waals surface area contributed by atoms with Gasteiger partial charge in [-0.2, -0.15) is 0 Å². The molecule has 0 amide bonds. The van der Waals surface area contributed by atoms with E-state index in [0.29, 0.717) is 0 Å². The highest BCUT2D eigenvalue weighted by molar-refractivity contribution is 7.13. The molecule has 126 valence electrons. The van der Waals surface area contributed by atoms with Crippen molar-refractivity contribution in [2.45, 2.75) is 39.0 Å². The maximum atomic E-state index is 2.36. The number of hydrogen-bond donors (Lipinski definition) is 0. The molecule has 0 atom stereocenters. The second kappa shape index (κ2) is 7.41. The lowest BCUT2D eigenvalue weighted by molar-refractivity contribution is 0.668. The fourth-order valence-electron chi connectivity index (χ4n) is 3.83. The molecule has 0 aliphatic heterocycles. The van der Waals surface area contributed by atoms with Gasteiger partial charge in [0.2, 0.25) is 0 Å². The minimum Gasteiger partial charge on any atom is -0.144 e. The molecule has 0 aliphatic rings. The number of unbranched alkanes of at least 4 members (excludes halogenated alkanes) is 3. The molecule has 0 saturated carbocycles. The Labute approximate surface area is 154 Å². The van der Waals surface area contributed by atoms with Gasteiger partial charge in [0.05, 0.1) is 0 Å². The topological polar surface area (TPSA) is 0 Å². The molecule has 4 rings (SSSR count). The fourth-order valence-corrected chi connectivity index (χ4v) is 4.62. The van der Waals surface area contributed by atoms with Crippen LogP contribution >= 0.6 is 11.3 Å². The number of rotatable bonds is 6. The summed E-state index contributed by atoms with van der Waals surface area (Å²) < 4.78 is 0. The Morgan fingerprint density at radius 1 is 0.800 bits per heavy atom. The molecule has 0 saturated heterocycles. The number of aryl methyl sites for hydroxylation is 1. The smallest absolute Gasteiger partial charge is 0.0355 e. The van der Waals surface area contributed by atoms with Crippen molar-refractivity contribution in [1.82, 2.24) is 0 Å². The second-order valence-electron chi connectivity index (χ2n) is 6.78. The summed E-state index contributed by atoms with van der Waals surface area (Å²) in [6.45, 7) is 2.28. The lowest BCUT2D eigenvalue weighted by atomic mass is 9.91. The number of thiophene rings is 1. The number of benzene rings is 3. The summed E-state index contributed by atoms with van der Waals surface area (Å²) in [5, 5.41) is 7.72. The first-order chi connectivity index (χ1) is 12.4. The predicted octanol–water partition coefficient (Wildman–Crippen LogP) is 7.84. The van der Waals surface area contributed by atoms with Crippen LogP contribution < -0.4 is 0 Å². The zero-order chi connectivity index (χ0) is 17.1. The summed E-state index contributed by atoms with van der Waals surface area (Å²) in [6, 6.07) is 22.4. The van der Waals surface area contributed by atoms with Gasteiger partial charge in [0.25, 0.3) is 0 Å². The summed E-state index contributed by atoms with van der Waals surface area (Å²) >= 11 is 1.85. The number of fused-ring (bicyclic) bond motifs is 2. The van der Waals surface area contributed by atoms with Crippen LogP contribution in [0.5, 0.6) is 0 Å². The maximum Gasteiger partial charge on any atom is 0.0355 e. The monoisotopic (exact) mass is 344 g/mol. The molecule has 0 spiro atoms. The van der Waals surface area contributed by atoms with Crippen molar-refractivity contribution in [2.24, 2.45) is 0 Å². The predicted molar refractivity (Wildman–Crippen MR) is 113 cm³/mol. The quantitative estimate of drug-likeness (QED) is 0.247. The van der Waals surface area contributed by atoms with Crippen LogP contribution in [-0.4, -0.2) is 0 Å². The van der Waals surface area contributed by atoms with Crippen molar-refractivity contribution in [3.05, 3.63) is 71.6 Å². The third-order valence-electron chi connectivity index (χ3n) is 5.04. The van der Waals surface area contributed by atoms with Gasteiger partial charge >= 0.3 is 0 Å². The van der Waals surface area contributed by atoms with E-state index in [2.05, 4.69) is 73.0 Å². The summed E-state index contributed by atoms with van der Waals surface area (Å²) in [7, 11) is 0. The minimum absolute atomic E-state index is 1.17. The molecule has 1 heteroatoms. The zero-order valence-corrected chi connectivity index (χ0v) is 15.6. The highest BCUT2D eigenvalue weighted by Gasteiger charge is 2.13. The van der Waals surface area contributed by atoms with Gasteiger partial charge in [-0.15, -0.1) is 11.3 Å². The molecule has 0 unspecified atom stereocenters. The third kappa shape index (κ3) is 3.21. The van der Waals surface area contributed by atoms with Crippen LogP contribution in [0.25, 0.3) is 32.0 Å². The van der Waals surface area contributed by atoms with E-state index in [1.54, 1.807) is 0 Å². The van der Waals surface area contributed by atoms with Crippen LogP contribution in [0.2, 0.25) is 0 Å². The SMILES string of the molecule is CCCCCCc1cccc2cc3ccccc3c(-c3cccs3)c12. The summed E-state index contributed by atoms with van der Waals surface area (Å²) in [6.07, 6.45) is 6.42. The van der Waals surface area contributed by atoms with E-state index < -0.39 is 0 Å². The van der Waals surface area contributed by atoms with Crippen LogP contribution in [0.15, 0.2) is 66.0 Å². The van der Waals surface area contributed by atoms with Crippen LogP contribution in [0.1, 0.15) is 38.2 Å². The molecular weight excluding hydrogens is 320 g/mol. The summed E-state index contributed by atoms with van der Waals surface area (Å²) in [4.78, 5) is 1.38.